The lowest BCUT2D eigenvalue weighted by Gasteiger charge is -2.35. The molecule has 1 aliphatic heterocycles. The molecule has 0 saturated carbocycles. The van der Waals surface area contributed by atoms with Gasteiger partial charge in [-0.2, -0.15) is 0 Å². The second-order valence-electron chi connectivity index (χ2n) is 7.49. The van der Waals surface area contributed by atoms with Crippen molar-refractivity contribution in [2.45, 2.75) is 40.2 Å². The molecule has 0 radical (unpaired) electrons. The zero-order valence-electron chi connectivity index (χ0n) is 16.0. The van der Waals surface area contributed by atoms with Crippen molar-refractivity contribution in [2.75, 3.05) is 39.5 Å². The highest BCUT2D eigenvalue weighted by Gasteiger charge is 2.23. The summed E-state index contributed by atoms with van der Waals surface area (Å²) in [6.45, 7) is 13.0. The largest absolute Gasteiger partial charge is 0.491 e. The minimum atomic E-state index is -0.427. The molecule has 1 fully saturated rings. The van der Waals surface area contributed by atoms with E-state index >= 15 is 0 Å². The van der Waals surface area contributed by atoms with Crippen LogP contribution in [0.5, 0.6) is 5.75 Å². The molecule has 0 spiro atoms. The number of aliphatic hydroxyl groups is 1. The smallest absolute Gasteiger partial charge is 0.119 e. The molecule has 1 saturated heterocycles. The molecule has 1 aliphatic rings. The summed E-state index contributed by atoms with van der Waals surface area (Å²) in [6, 6.07) is 6.09. The summed E-state index contributed by atoms with van der Waals surface area (Å²) in [5, 5.41) is 10.1. The number of piperidine rings is 1. The van der Waals surface area contributed by atoms with E-state index in [-0.39, 0.29) is 12.4 Å². The van der Waals surface area contributed by atoms with Gasteiger partial charge in [-0.25, -0.2) is 0 Å². The van der Waals surface area contributed by atoms with Crippen molar-refractivity contribution in [3.8, 4) is 5.75 Å². The Kier molecular flexibility index (Phi) is 9.80. The fourth-order valence-electron chi connectivity index (χ4n) is 3.53. The predicted octanol–water partition coefficient (Wildman–Crippen LogP) is 3.46. The Hall–Kier alpha value is -0.810. The van der Waals surface area contributed by atoms with Crippen molar-refractivity contribution in [3.05, 3.63) is 29.3 Å². The Morgan fingerprint density at radius 2 is 1.80 bits per heavy atom. The van der Waals surface area contributed by atoms with Gasteiger partial charge in [0.2, 0.25) is 0 Å². The van der Waals surface area contributed by atoms with Crippen molar-refractivity contribution in [1.29, 1.82) is 0 Å². The molecule has 5 heteroatoms. The minimum absolute atomic E-state index is 0. The molecule has 2 rings (SSSR count). The van der Waals surface area contributed by atoms with Crippen LogP contribution < -0.4 is 4.74 Å². The third-order valence-electron chi connectivity index (χ3n) is 4.70. The van der Waals surface area contributed by atoms with Gasteiger partial charge in [0.25, 0.3) is 0 Å². The molecule has 3 unspecified atom stereocenters. The van der Waals surface area contributed by atoms with E-state index in [2.05, 4.69) is 38.7 Å². The first kappa shape index (κ1) is 22.2. The number of hydrogen-bond donors (Lipinski definition) is 1. The van der Waals surface area contributed by atoms with Crippen LogP contribution in [0.1, 0.15) is 31.4 Å². The van der Waals surface area contributed by atoms with Crippen LogP contribution in [-0.4, -0.2) is 55.6 Å². The van der Waals surface area contributed by atoms with Crippen molar-refractivity contribution in [1.82, 2.24) is 4.90 Å². The predicted molar refractivity (Wildman–Crippen MR) is 105 cm³/mol. The molecule has 0 bridgehead atoms. The monoisotopic (exact) mass is 371 g/mol. The summed E-state index contributed by atoms with van der Waals surface area (Å²) in [7, 11) is 0. The lowest BCUT2D eigenvalue weighted by atomic mass is 9.92. The lowest BCUT2D eigenvalue weighted by molar-refractivity contribution is -0.00211. The highest BCUT2D eigenvalue weighted by atomic mass is 35.5. The third-order valence-corrected chi connectivity index (χ3v) is 4.70. The van der Waals surface area contributed by atoms with E-state index in [1.54, 1.807) is 0 Å². The number of nitrogens with zero attached hydrogens (tertiary/aromatic N) is 1. The molecule has 1 aromatic carbocycles. The van der Waals surface area contributed by atoms with Crippen LogP contribution in [0.3, 0.4) is 0 Å². The topological polar surface area (TPSA) is 41.9 Å². The van der Waals surface area contributed by atoms with Gasteiger partial charge in [-0.15, -0.1) is 12.4 Å². The van der Waals surface area contributed by atoms with E-state index in [0.29, 0.717) is 38.2 Å². The zero-order valence-corrected chi connectivity index (χ0v) is 16.8. The summed E-state index contributed by atoms with van der Waals surface area (Å²) < 4.78 is 11.2. The summed E-state index contributed by atoms with van der Waals surface area (Å²) in [5.74, 6) is 2.31. The maximum Gasteiger partial charge on any atom is 0.119 e. The van der Waals surface area contributed by atoms with Crippen LogP contribution in [0, 0.1) is 25.7 Å². The molecular formula is C20H34ClNO3. The minimum Gasteiger partial charge on any atom is -0.491 e. The molecule has 25 heavy (non-hydrogen) atoms. The number of benzene rings is 1. The first-order valence-electron chi connectivity index (χ1n) is 9.12. The first-order valence-corrected chi connectivity index (χ1v) is 9.12. The Bertz CT molecular complexity index is 502. The number of halogens is 1. The highest BCUT2D eigenvalue weighted by molar-refractivity contribution is 5.85. The number of aliphatic hydroxyl groups excluding tert-OH is 1. The van der Waals surface area contributed by atoms with E-state index in [0.717, 1.165) is 18.8 Å². The van der Waals surface area contributed by atoms with E-state index in [1.165, 1.54) is 17.5 Å². The Balaban J connectivity index is 0.00000312. The molecule has 144 valence electrons. The van der Waals surface area contributed by atoms with Crippen molar-refractivity contribution < 1.29 is 14.6 Å². The Morgan fingerprint density at radius 1 is 1.12 bits per heavy atom. The average Bonchev–Trinajstić information content (AvgIpc) is 2.49. The fraction of sp³-hybridized carbons (Fsp3) is 0.700. The van der Waals surface area contributed by atoms with Gasteiger partial charge >= 0.3 is 0 Å². The molecule has 0 aliphatic carbocycles. The normalized spacial score (nSPS) is 22.3. The van der Waals surface area contributed by atoms with Crippen LogP contribution in [0.4, 0.5) is 0 Å². The number of likely N-dealkylation sites (tertiary alicyclic amines) is 1. The molecule has 1 heterocycles. The van der Waals surface area contributed by atoms with Gasteiger partial charge in [-0.05, 0) is 55.4 Å². The fourth-order valence-corrected chi connectivity index (χ4v) is 3.53. The molecule has 1 N–H and O–H groups in total. The molecule has 1 aromatic rings. The zero-order chi connectivity index (χ0) is 17.5. The number of ether oxygens (including phenoxy) is 2. The highest BCUT2D eigenvalue weighted by Crippen LogP contribution is 2.21. The van der Waals surface area contributed by atoms with Crippen LogP contribution >= 0.6 is 12.4 Å². The van der Waals surface area contributed by atoms with Crippen molar-refractivity contribution in [2.24, 2.45) is 11.8 Å². The molecule has 0 amide bonds. The SMILES string of the molecule is Cc1ccc(OCCOCC(O)CN2CC(C)CC(C)C2)cc1C.Cl. The van der Waals surface area contributed by atoms with Crippen molar-refractivity contribution >= 4 is 12.4 Å². The molecule has 4 nitrogen and oxygen atoms in total. The van der Waals surface area contributed by atoms with Gasteiger partial charge in [-0.3, -0.25) is 0 Å². The van der Waals surface area contributed by atoms with E-state index in [1.807, 2.05) is 12.1 Å². The number of aryl methyl sites for hydroxylation is 2. The van der Waals surface area contributed by atoms with Gasteiger partial charge in [-0.1, -0.05) is 19.9 Å². The third kappa shape index (κ3) is 7.95. The van der Waals surface area contributed by atoms with Gasteiger partial charge in [0.15, 0.2) is 0 Å². The number of hydrogen-bond acceptors (Lipinski definition) is 4. The Labute approximate surface area is 158 Å². The molecular weight excluding hydrogens is 338 g/mol. The second-order valence-corrected chi connectivity index (χ2v) is 7.49. The lowest BCUT2D eigenvalue weighted by Crippen LogP contribution is -2.43. The van der Waals surface area contributed by atoms with E-state index in [4.69, 9.17) is 9.47 Å². The average molecular weight is 372 g/mol. The van der Waals surface area contributed by atoms with Gasteiger partial charge in [0.05, 0.1) is 19.3 Å². The second kappa shape index (κ2) is 11.0. The number of β-amino-alcohol motifs (C(OH)–C–C–N with tert-alkyl or cyclic N) is 1. The summed E-state index contributed by atoms with van der Waals surface area (Å²) >= 11 is 0. The standard InChI is InChI=1S/C20H33NO3.ClH/c1-15-9-16(2)12-21(11-15)13-19(22)14-23-7-8-24-20-6-5-17(3)18(4)10-20;/h5-6,10,15-16,19,22H,7-9,11-14H2,1-4H3;1H. The van der Waals surface area contributed by atoms with Crippen molar-refractivity contribution in [3.63, 3.8) is 0 Å². The van der Waals surface area contributed by atoms with E-state index < -0.39 is 6.10 Å². The van der Waals surface area contributed by atoms with Crippen LogP contribution in [0.15, 0.2) is 18.2 Å². The van der Waals surface area contributed by atoms with Gasteiger partial charge < -0.3 is 19.5 Å². The Morgan fingerprint density at radius 3 is 2.44 bits per heavy atom. The van der Waals surface area contributed by atoms with Gasteiger partial charge in [0.1, 0.15) is 12.4 Å². The maximum atomic E-state index is 10.1. The van der Waals surface area contributed by atoms with Crippen LogP contribution in [-0.2, 0) is 4.74 Å². The summed E-state index contributed by atoms with van der Waals surface area (Å²) in [4.78, 5) is 2.36. The molecule has 0 aromatic heterocycles. The quantitative estimate of drug-likeness (QED) is 0.710. The maximum absolute atomic E-state index is 10.1. The summed E-state index contributed by atoms with van der Waals surface area (Å²) in [6.07, 6.45) is 0.864. The van der Waals surface area contributed by atoms with Crippen LogP contribution in [0.2, 0.25) is 0 Å². The molecule has 3 atom stereocenters. The summed E-state index contributed by atoms with van der Waals surface area (Å²) in [5.41, 5.74) is 2.50. The first-order chi connectivity index (χ1) is 11.4. The van der Waals surface area contributed by atoms with Gasteiger partial charge in [0, 0.05) is 19.6 Å². The van der Waals surface area contributed by atoms with Crippen LogP contribution in [0.25, 0.3) is 0 Å². The number of rotatable bonds is 8. The van der Waals surface area contributed by atoms with E-state index in [9.17, 15) is 5.11 Å².